The first kappa shape index (κ1) is 31.2. The highest BCUT2D eigenvalue weighted by atomic mass is 35.5. The van der Waals surface area contributed by atoms with Gasteiger partial charge in [0.15, 0.2) is 0 Å². The van der Waals surface area contributed by atoms with Crippen LogP contribution in [0.3, 0.4) is 0 Å². The Kier molecular flexibility index (Phi) is 10.8. The first-order valence-corrected chi connectivity index (χ1v) is 15.3. The minimum atomic E-state index is -4.13. The number of amides is 2. The summed E-state index contributed by atoms with van der Waals surface area (Å²) in [6.07, 6.45) is 1.11. The number of sulfonamides is 1. The number of carbonyl (C=O) groups excluding carboxylic acids is 2. The summed E-state index contributed by atoms with van der Waals surface area (Å²) >= 11 is 6.17. The molecule has 1 N–H and O–H groups in total. The molecule has 0 saturated heterocycles. The molecule has 0 heterocycles. The lowest BCUT2D eigenvalue weighted by Gasteiger charge is -2.34. The van der Waals surface area contributed by atoms with Crippen molar-refractivity contribution < 1.29 is 18.0 Å². The Balaban J connectivity index is 2.08. The van der Waals surface area contributed by atoms with Crippen LogP contribution in [-0.2, 0) is 26.2 Å². The average molecular weight is 584 g/mol. The normalized spacial score (nSPS) is 12.8. The Bertz CT molecular complexity index is 1430. The molecule has 0 aliphatic heterocycles. The Hall–Kier alpha value is -3.36. The molecule has 2 atom stereocenters. The van der Waals surface area contributed by atoms with Gasteiger partial charge in [-0.15, -0.1) is 0 Å². The standard InChI is InChI=1S/C31H38ClN3O4S/c1-6-24(5)33-31(37)28(7-2)34(20-25-13-11-12-22(3)18-25)30(36)21-35(29-17-16-26(32)19-23(29)4)40(38,39)27-14-9-8-10-15-27/h8-19,24,28H,6-7,20-21H2,1-5H3,(H,33,37)/t24-,28+/m0/s1. The van der Waals surface area contributed by atoms with Crippen LogP contribution in [0.2, 0.25) is 5.02 Å². The maximum Gasteiger partial charge on any atom is 0.264 e. The number of hydrogen-bond donors (Lipinski definition) is 1. The number of nitrogens with one attached hydrogen (secondary N) is 1. The van der Waals surface area contributed by atoms with E-state index in [0.717, 1.165) is 21.9 Å². The second-order valence-corrected chi connectivity index (χ2v) is 12.3. The summed E-state index contributed by atoms with van der Waals surface area (Å²) in [5, 5.41) is 3.45. The third-order valence-electron chi connectivity index (χ3n) is 6.86. The lowest BCUT2D eigenvalue weighted by molar-refractivity contribution is -0.140. The SMILES string of the molecule is CC[C@H](C(=O)N[C@@H](C)CC)N(Cc1cccc(C)c1)C(=O)CN(c1ccc(Cl)cc1C)S(=O)(=O)c1ccccc1. The van der Waals surface area contributed by atoms with Gasteiger partial charge in [-0.25, -0.2) is 8.42 Å². The molecule has 7 nitrogen and oxygen atoms in total. The fourth-order valence-corrected chi connectivity index (χ4v) is 6.23. The van der Waals surface area contributed by atoms with Crippen molar-refractivity contribution in [1.29, 1.82) is 0 Å². The lowest BCUT2D eigenvalue weighted by atomic mass is 10.1. The monoisotopic (exact) mass is 583 g/mol. The predicted molar refractivity (Wildman–Crippen MR) is 161 cm³/mol. The van der Waals surface area contributed by atoms with Gasteiger partial charge in [-0.1, -0.05) is 73.5 Å². The van der Waals surface area contributed by atoms with Crippen molar-refractivity contribution in [1.82, 2.24) is 10.2 Å². The zero-order valence-corrected chi connectivity index (χ0v) is 25.3. The molecule has 40 heavy (non-hydrogen) atoms. The molecule has 0 radical (unpaired) electrons. The van der Waals surface area contributed by atoms with Crippen LogP contribution in [0.25, 0.3) is 0 Å². The highest BCUT2D eigenvalue weighted by Gasteiger charge is 2.34. The summed E-state index contributed by atoms with van der Waals surface area (Å²) in [5.41, 5.74) is 2.82. The van der Waals surface area contributed by atoms with Gasteiger partial charge in [0.05, 0.1) is 10.6 Å². The highest BCUT2D eigenvalue weighted by Crippen LogP contribution is 2.29. The van der Waals surface area contributed by atoms with Crippen molar-refractivity contribution in [3.63, 3.8) is 0 Å². The van der Waals surface area contributed by atoms with Crippen LogP contribution in [0.4, 0.5) is 5.69 Å². The van der Waals surface area contributed by atoms with Gasteiger partial charge >= 0.3 is 0 Å². The molecule has 0 bridgehead atoms. The van der Waals surface area contributed by atoms with Crippen molar-refractivity contribution in [2.75, 3.05) is 10.8 Å². The van der Waals surface area contributed by atoms with Gasteiger partial charge in [0.2, 0.25) is 11.8 Å². The maximum atomic E-state index is 14.1. The van der Waals surface area contributed by atoms with E-state index in [1.54, 1.807) is 43.3 Å². The summed E-state index contributed by atoms with van der Waals surface area (Å²) in [6.45, 7) is 9.11. The van der Waals surface area contributed by atoms with Crippen LogP contribution in [0, 0.1) is 13.8 Å². The molecule has 2 amide bonds. The summed E-state index contributed by atoms with van der Waals surface area (Å²) in [6, 6.07) is 19.7. The fraction of sp³-hybridized carbons (Fsp3) is 0.355. The number of carbonyl (C=O) groups is 2. The number of aryl methyl sites for hydroxylation is 2. The average Bonchev–Trinajstić information content (AvgIpc) is 2.92. The molecule has 0 spiro atoms. The molecule has 0 saturated carbocycles. The summed E-state index contributed by atoms with van der Waals surface area (Å²) in [5.74, 6) is -0.750. The van der Waals surface area contributed by atoms with Crippen LogP contribution >= 0.6 is 11.6 Å². The van der Waals surface area contributed by atoms with E-state index < -0.39 is 28.5 Å². The minimum Gasteiger partial charge on any atom is -0.352 e. The Morgan fingerprint density at radius 3 is 2.23 bits per heavy atom. The van der Waals surface area contributed by atoms with E-state index >= 15 is 0 Å². The van der Waals surface area contributed by atoms with E-state index in [2.05, 4.69) is 5.32 Å². The Morgan fingerprint density at radius 2 is 1.62 bits per heavy atom. The van der Waals surface area contributed by atoms with Crippen molar-refractivity contribution in [3.05, 3.63) is 94.5 Å². The van der Waals surface area contributed by atoms with Gasteiger partial charge in [0.25, 0.3) is 10.0 Å². The van der Waals surface area contributed by atoms with E-state index in [9.17, 15) is 18.0 Å². The van der Waals surface area contributed by atoms with E-state index in [-0.39, 0.29) is 23.4 Å². The van der Waals surface area contributed by atoms with Gasteiger partial charge in [-0.3, -0.25) is 13.9 Å². The van der Waals surface area contributed by atoms with E-state index in [4.69, 9.17) is 11.6 Å². The van der Waals surface area contributed by atoms with Crippen molar-refractivity contribution in [3.8, 4) is 0 Å². The highest BCUT2D eigenvalue weighted by molar-refractivity contribution is 7.92. The van der Waals surface area contributed by atoms with Crippen LogP contribution in [0.1, 0.15) is 50.3 Å². The summed E-state index contributed by atoms with van der Waals surface area (Å²) in [7, 11) is -4.13. The van der Waals surface area contributed by atoms with Crippen LogP contribution in [0.15, 0.2) is 77.7 Å². The number of benzene rings is 3. The molecule has 3 aromatic rings. The smallest absolute Gasteiger partial charge is 0.264 e. The summed E-state index contributed by atoms with van der Waals surface area (Å²) < 4.78 is 29.0. The van der Waals surface area contributed by atoms with E-state index in [1.165, 1.54) is 17.0 Å². The quantitative estimate of drug-likeness (QED) is 0.289. The Labute approximate surface area is 243 Å². The molecule has 3 rings (SSSR count). The molecular formula is C31H38ClN3O4S. The lowest BCUT2D eigenvalue weighted by Crippen LogP contribution is -2.53. The number of hydrogen-bond acceptors (Lipinski definition) is 4. The molecular weight excluding hydrogens is 546 g/mol. The van der Waals surface area contributed by atoms with Crippen molar-refractivity contribution in [2.24, 2.45) is 0 Å². The van der Waals surface area contributed by atoms with Gasteiger partial charge in [-0.2, -0.15) is 0 Å². The number of nitrogens with zero attached hydrogens (tertiary/aromatic N) is 2. The van der Waals surface area contributed by atoms with Gasteiger partial charge in [-0.05, 0) is 75.1 Å². The van der Waals surface area contributed by atoms with Crippen LogP contribution < -0.4 is 9.62 Å². The number of rotatable bonds is 12. The zero-order chi connectivity index (χ0) is 29.4. The van der Waals surface area contributed by atoms with E-state index in [1.807, 2.05) is 52.0 Å². The molecule has 0 unspecified atom stereocenters. The second kappa shape index (κ2) is 13.8. The third-order valence-corrected chi connectivity index (χ3v) is 8.87. The minimum absolute atomic E-state index is 0.0592. The molecule has 9 heteroatoms. The third kappa shape index (κ3) is 7.64. The predicted octanol–water partition coefficient (Wildman–Crippen LogP) is 5.87. The molecule has 0 aliphatic carbocycles. The molecule has 214 valence electrons. The van der Waals surface area contributed by atoms with E-state index in [0.29, 0.717) is 22.7 Å². The van der Waals surface area contributed by atoms with Gasteiger partial charge in [0, 0.05) is 17.6 Å². The zero-order valence-electron chi connectivity index (χ0n) is 23.7. The first-order valence-electron chi connectivity index (χ1n) is 13.5. The van der Waals surface area contributed by atoms with Crippen LogP contribution in [-0.4, -0.2) is 43.8 Å². The topological polar surface area (TPSA) is 86.8 Å². The molecule has 3 aromatic carbocycles. The largest absolute Gasteiger partial charge is 0.352 e. The van der Waals surface area contributed by atoms with Crippen LogP contribution in [0.5, 0.6) is 0 Å². The van der Waals surface area contributed by atoms with Crippen molar-refractivity contribution >= 4 is 39.1 Å². The van der Waals surface area contributed by atoms with Gasteiger partial charge < -0.3 is 10.2 Å². The summed E-state index contributed by atoms with van der Waals surface area (Å²) in [4.78, 5) is 29.1. The fourth-order valence-electron chi connectivity index (χ4n) is 4.50. The molecule has 0 aromatic heterocycles. The van der Waals surface area contributed by atoms with Gasteiger partial charge in [0.1, 0.15) is 12.6 Å². The number of halogens is 1. The first-order chi connectivity index (χ1) is 19.0. The maximum absolute atomic E-state index is 14.1. The Morgan fingerprint density at radius 1 is 0.925 bits per heavy atom. The number of anilines is 1. The second-order valence-electron chi connectivity index (χ2n) is 10.0. The molecule has 0 fully saturated rings. The molecule has 0 aliphatic rings. The van der Waals surface area contributed by atoms with Crippen molar-refractivity contribution in [2.45, 2.75) is 71.0 Å².